The van der Waals surface area contributed by atoms with Crippen molar-refractivity contribution in [1.29, 1.82) is 0 Å². The minimum atomic E-state index is -0.388. The summed E-state index contributed by atoms with van der Waals surface area (Å²) in [4.78, 5) is 2.23. The summed E-state index contributed by atoms with van der Waals surface area (Å²) >= 11 is 0. The Morgan fingerprint density at radius 2 is 2.05 bits per heavy atom. The van der Waals surface area contributed by atoms with Gasteiger partial charge in [-0.05, 0) is 43.7 Å². The van der Waals surface area contributed by atoms with Gasteiger partial charge in [-0.3, -0.25) is 9.58 Å². The van der Waals surface area contributed by atoms with Crippen LogP contribution in [0, 0.1) is 11.6 Å². The molecule has 0 radical (unpaired) electrons. The molecule has 1 fully saturated rings. The summed E-state index contributed by atoms with van der Waals surface area (Å²) in [6.07, 6.45) is 6.34. The Bertz CT molecular complexity index is 639. The molecule has 0 saturated carbocycles. The standard InChI is InChI=1S/C17H21F2N3/c1-21-10-8-16(20-21)17-5-3-2-4-9-22(17)12-13-11-14(18)6-7-15(13)19/h6-8,10-11,17H,2-5,9,12H2,1H3/t17-/m1/s1. The van der Waals surface area contributed by atoms with E-state index in [0.29, 0.717) is 12.1 Å². The van der Waals surface area contributed by atoms with E-state index in [2.05, 4.69) is 10.00 Å². The van der Waals surface area contributed by atoms with Gasteiger partial charge in [0.25, 0.3) is 0 Å². The Labute approximate surface area is 129 Å². The third kappa shape index (κ3) is 3.35. The van der Waals surface area contributed by atoms with Crippen LogP contribution in [0.3, 0.4) is 0 Å². The van der Waals surface area contributed by atoms with Gasteiger partial charge in [0.1, 0.15) is 11.6 Å². The SMILES string of the molecule is Cn1ccc([C@H]2CCCCCN2Cc2cc(F)ccc2F)n1. The zero-order valence-electron chi connectivity index (χ0n) is 12.8. The molecule has 1 aromatic carbocycles. The summed E-state index contributed by atoms with van der Waals surface area (Å²) in [7, 11) is 1.90. The third-order valence-corrected chi connectivity index (χ3v) is 4.32. The second kappa shape index (κ2) is 6.57. The van der Waals surface area contributed by atoms with E-state index >= 15 is 0 Å². The summed E-state index contributed by atoms with van der Waals surface area (Å²) in [5.74, 6) is -0.731. The van der Waals surface area contributed by atoms with Crippen molar-refractivity contribution in [3.05, 3.63) is 53.4 Å². The zero-order chi connectivity index (χ0) is 15.5. The van der Waals surface area contributed by atoms with E-state index in [-0.39, 0.29) is 17.7 Å². The molecule has 0 N–H and O–H groups in total. The van der Waals surface area contributed by atoms with Crippen LogP contribution >= 0.6 is 0 Å². The minimum absolute atomic E-state index is 0.173. The molecule has 3 nitrogen and oxygen atoms in total. The van der Waals surface area contributed by atoms with E-state index in [1.165, 1.54) is 18.6 Å². The van der Waals surface area contributed by atoms with Crippen molar-refractivity contribution in [3.63, 3.8) is 0 Å². The maximum absolute atomic E-state index is 13.9. The molecular weight excluding hydrogens is 284 g/mol. The van der Waals surface area contributed by atoms with E-state index in [9.17, 15) is 8.78 Å². The topological polar surface area (TPSA) is 21.1 Å². The molecule has 0 bridgehead atoms. The Hall–Kier alpha value is -1.75. The first kappa shape index (κ1) is 15.2. The predicted octanol–water partition coefficient (Wildman–Crippen LogP) is 3.82. The molecule has 118 valence electrons. The summed E-state index contributed by atoms with van der Waals surface area (Å²) in [6, 6.07) is 5.86. The number of likely N-dealkylation sites (tertiary alicyclic amines) is 1. The van der Waals surface area contributed by atoms with E-state index in [1.54, 1.807) is 4.68 Å². The molecule has 3 rings (SSSR count). The second-order valence-corrected chi connectivity index (χ2v) is 5.99. The van der Waals surface area contributed by atoms with Crippen LogP contribution in [0.25, 0.3) is 0 Å². The fraction of sp³-hybridized carbons (Fsp3) is 0.471. The Kier molecular flexibility index (Phi) is 4.52. The second-order valence-electron chi connectivity index (χ2n) is 5.99. The first-order valence-corrected chi connectivity index (χ1v) is 7.81. The molecule has 1 aliphatic rings. The highest BCUT2D eigenvalue weighted by Crippen LogP contribution is 2.30. The van der Waals surface area contributed by atoms with E-state index in [1.807, 2.05) is 19.3 Å². The van der Waals surface area contributed by atoms with Gasteiger partial charge in [0, 0.05) is 25.4 Å². The summed E-state index contributed by atoms with van der Waals surface area (Å²) in [5, 5.41) is 4.52. The monoisotopic (exact) mass is 305 g/mol. The number of hydrogen-bond donors (Lipinski definition) is 0. The van der Waals surface area contributed by atoms with E-state index in [4.69, 9.17) is 0 Å². The average molecular weight is 305 g/mol. The van der Waals surface area contributed by atoms with Crippen LogP contribution in [-0.2, 0) is 13.6 Å². The van der Waals surface area contributed by atoms with Gasteiger partial charge in [-0.1, -0.05) is 12.8 Å². The van der Waals surface area contributed by atoms with E-state index < -0.39 is 0 Å². The molecule has 1 aliphatic heterocycles. The number of halogens is 2. The molecule has 22 heavy (non-hydrogen) atoms. The minimum Gasteiger partial charge on any atom is -0.290 e. The van der Waals surface area contributed by atoms with Crippen LogP contribution in [0.15, 0.2) is 30.5 Å². The maximum atomic E-state index is 13.9. The first-order valence-electron chi connectivity index (χ1n) is 7.81. The van der Waals surface area contributed by atoms with Crippen molar-refractivity contribution in [2.75, 3.05) is 6.54 Å². The van der Waals surface area contributed by atoms with Crippen molar-refractivity contribution < 1.29 is 8.78 Å². The van der Waals surface area contributed by atoms with Crippen molar-refractivity contribution in [2.45, 2.75) is 38.3 Å². The Morgan fingerprint density at radius 1 is 1.18 bits per heavy atom. The fourth-order valence-corrected chi connectivity index (χ4v) is 3.19. The highest BCUT2D eigenvalue weighted by Gasteiger charge is 2.25. The van der Waals surface area contributed by atoms with Gasteiger partial charge in [0.2, 0.25) is 0 Å². The molecule has 0 amide bonds. The quantitative estimate of drug-likeness (QED) is 0.859. The number of aromatic nitrogens is 2. The lowest BCUT2D eigenvalue weighted by Gasteiger charge is -2.29. The lowest BCUT2D eigenvalue weighted by atomic mass is 10.1. The van der Waals surface area contributed by atoms with Crippen LogP contribution in [0.2, 0.25) is 0 Å². The number of nitrogens with zero attached hydrogens (tertiary/aromatic N) is 3. The predicted molar refractivity (Wildman–Crippen MR) is 81.2 cm³/mol. The first-order chi connectivity index (χ1) is 10.6. The molecule has 0 unspecified atom stereocenters. The molecule has 2 heterocycles. The van der Waals surface area contributed by atoms with E-state index in [0.717, 1.165) is 37.6 Å². The lowest BCUT2D eigenvalue weighted by molar-refractivity contribution is 0.185. The Balaban J connectivity index is 1.85. The summed E-state index contributed by atoms with van der Waals surface area (Å²) in [5.41, 5.74) is 1.43. The largest absolute Gasteiger partial charge is 0.290 e. The molecule has 0 aliphatic carbocycles. The van der Waals surface area contributed by atoms with Gasteiger partial charge in [-0.2, -0.15) is 5.10 Å². The fourth-order valence-electron chi connectivity index (χ4n) is 3.19. The zero-order valence-corrected chi connectivity index (χ0v) is 12.8. The van der Waals surface area contributed by atoms with Gasteiger partial charge in [-0.15, -0.1) is 0 Å². The summed E-state index contributed by atoms with van der Waals surface area (Å²) < 4.78 is 29.1. The number of hydrogen-bond acceptors (Lipinski definition) is 2. The molecule has 0 spiro atoms. The van der Waals surface area contributed by atoms with Crippen LogP contribution in [0.1, 0.15) is 43.0 Å². The van der Waals surface area contributed by atoms with Gasteiger partial charge in [0.05, 0.1) is 11.7 Å². The summed E-state index contributed by atoms with van der Waals surface area (Å²) in [6.45, 7) is 1.31. The molecule has 1 saturated heterocycles. The van der Waals surface area contributed by atoms with Crippen LogP contribution in [-0.4, -0.2) is 21.2 Å². The van der Waals surface area contributed by atoms with Crippen LogP contribution < -0.4 is 0 Å². The molecule has 5 heteroatoms. The third-order valence-electron chi connectivity index (χ3n) is 4.32. The van der Waals surface area contributed by atoms with Crippen molar-refractivity contribution >= 4 is 0 Å². The van der Waals surface area contributed by atoms with Crippen LogP contribution in [0.5, 0.6) is 0 Å². The Morgan fingerprint density at radius 3 is 2.82 bits per heavy atom. The molecule has 2 aromatic rings. The van der Waals surface area contributed by atoms with Gasteiger partial charge in [0.15, 0.2) is 0 Å². The highest BCUT2D eigenvalue weighted by molar-refractivity contribution is 5.19. The van der Waals surface area contributed by atoms with Gasteiger partial charge < -0.3 is 0 Å². The van der Waals surface area contributed by atoms with Gasteiger partial charge >= 0.3 is 0 Å². The molecule has 1 atom stereocenters. The highest BCUT2D eigenvalue weighted by atomic mass is 19.1. The number of aryl methyl sites for hydroxylation is 1. The smallest absolute Gasteiger partial charge is 0.127 e. The molecular formula is C17H21F2N3. The number of rotatable bonds is 3. The van der Waals surface area contributed by atoms with Crippen LogP contribution in [0.4, 0.5) is 8.78 Å². The normalized spacial score (nSPS) is 20.0. The van der Waals surface area contributed by atoms with Crippen molar-refractivity contribution in [2.24, 2.45) is 7.05 Å². The lowest BCUT2D eigenvalue weighted by Crippen LogP contribution is -2.29. The van der Waals surface area contributed by atoms with Crippen molar-refractivity contribution in [3.8, 4) is 0 Å². The molecule has 1 aromatic heterocycles. The average Bonchev–Trinajstić information content (AvgIpc) is 2.78. The maximum Gasteiger partial charge on any atom is 0.127 e. The number of benzene rings is 1. The van der Waals surface area contributed by atoms with Crippen molar-refractivity contribution in [1.82, 2.24) is 14.7 Å². The van der Waals surface area contributed by atoms with Gasteiger partial charge in [-0.25, -0.2) is 8.78 Å².